The van der Waals surface area contributed by atoms with E-state index < -0.39 is 17.8 Å². The minimum Gasteiger partial charge on any atom is -0.550 e. The SMILES string of the molecule is COc1ccc(C)cc1NC(=O)[C@H]1[C@@H]2CC[C@@H](C2)[C@@H]1C(=O)[O-]. The van der Waals surface area contributed by atoms with Gasteiger partial charge in [0, 0.05) is 17.8 Å². The molecule has 118 valence electrons. The van der Waals surface area contributed by atoms with Crippen molar-refractivity contribution in [3.63, 3.8) is 0 Å². The van der Waals surface area contributed by atoms with Gasteiger partial charge in [-0.1, -0.05) is 6.07 Å². The molecule has 0 aromatic heterocycles. The highest BCUT2D eigenvalue weighted by atomic mass is 16.5. The molecule has 4 atom stereocenters. The number of hydrogen-bond acceptors (Lipinski definition) is 4. The Bertz CT molecular complexity index is 613. The monoisotopic (exact) mass is 302 g/mol. The molecule has 2 aliphatic carbocycles. The van der Waals surface area contributed by atoms with Gasteiger partial charge in [-0.05, 0) is 55.7 Å². The zero-order chi connectivity index (χ0) is 15.9. The molecule has 1 N–H and O–H groups in total. The Morgan fingerprint density at radius 3 is 2.55 bits per heavy atom. The van der Waals surface area contributed by atoms with Gasteiger partial charge in [-0.3, -0.25) is 4.79 Å². The van der Waals surface area contributed by atoms with Crippen LogP contribution in [0.2, 0.25) is 0 Å². The normalized spacial score (nSPS) is 29.4. The smallest absolute Gasteiger partial charge is 0.228 e. The van der Waals surface area contributed by atoms with Crippen LogP contribution in [-0.2, 0) is 9.59 Å². The number of carboxylic acid groups (broad SMARTS) is 1. The molecule has 2 bridgehead atoms. The lowest BCUT2D eigenvalue weighted by Crippen LogP contribution is -2.44. The highest BCUT2D eigenvalue weighted by Gasteiger charge is 2.51. The van der Waals surface area contributed by atoms with E-state index in [1.54, 1.807) is 13.2 Å². The number of rotatable bonds is 4. The van der Waals surface area contributed by atoms with Crippen LogP contribution in [0.25, 0.3) is 0 Å². The molecule has 3 rings (SSSR count). The number of carboxylic acids is 1. The number of fused-ring (bicyclic) bond motifs is 2. The zero-order valence-corrected chi connectivity index (χ0v) is 12.8. The minimum absolute atomic E-state index is 0.0881. The van der Waals surface area contributed by atoms with E-state index in [9.17, 15) is 14.7 Å². The first kappa shape index (κ1) is 14.9. The maximum absolute atomic E-state index is 12.6. The third-order valence-electron chi connectivity index (χ3n) is 5.10. The molecule has 0 spiro atoms. The number of methoxy groups -OCH3 is 1. The molecule has 2 aliphatic rings. The summed E-state index contributed by atoms with van der Waals surface area (Å²) in [6.45, 7) is 1.93. The average molecular weight is 302 g/mol. The molecule has 1 aromatic carbocycles. The van der Waals surface area contributed by atoms with Gasteiger partial charge in [-0.25, -0.2) is 0 Å². The molecule has 0 saturated heterocycles. The maximum Gasteiger partial charge on any atom is 0.228 e. The van der Waals surface area contributed by atoms with Crippen LogP contribution >= 0.6 is 0 Å². The van der Waals surface area contributed by atoms with Crippen molar-refractivity contribution in [2.45, 2.75) is 26.2 Å². The highest BCUT2D eigenvalue weighted by Crippen LogP contribution is 2.52. The maximum atomic E-state index is 12.6. The lowest BCUT2D eigenvalue weighted by molar-refractivity contribution is -0.314. The number of hydrogen-bond donors (Lipinski definition) is 1. The second-order valence-electron chi connectivity index (χ2n) is 6.40. The van der Waals surface area contributed by atoms with Crippen LogP contribution in [0.15, 0.2) is 18.2 Å². The van der Waals surface area contributed by atoms with Crippen molar-refractivity contribution in [1.82, 2.24) is 0 Å². The van der Waals surface area contributed by atoms with Gasteiger partial charge in [0.1, 0.15) is 5.75 Å². The number of anilines is 1. The van der Waals surface area contributed by atoms with Gasteiger partial charge in [0.05, 0.1) is 12.8 Å². The molecule has 2 saturated carbocycles. The molecule has 0 heterocycles. The van der Waals surface area contributed by atoms with Gasteiger partial charge in [0.2, 0.25) is 5.91 Å². The van der Waals surface area contributed by atoms with Gasteiger partial charge < -0.3 is 20.0 Å². The number of nitrogens with one attached hydrogen (secondary N) is 1. The fourth-order valence-electron chi connectivity index (χ4n) is 4.14. The van der Waals surface area contributed by atoms with E-state index in [0.29, 0.717) is 11.4 Å². The summed E-state index contributed by atoms with van der Waals surface area (Å²) < 4.78 is 5.26. The topological polar surface area (TPSA) is 78.5 Å². The average Bonchev–Trinajstić information content (AvgIpc) is 3.08. The second-order valence-corrected chi connectivity index (χ2v) is 6.40. The summed E-state index contributed by atoms with van der Waals surface area (Å²) >= 11 is 0. The minimum atomic E-state index is -1.09. The van der Waals surface area contributed by atoms with Crippen molar-refractivity contribution in [2.75, 3.05) is 12.4 Å². The summed E-state index contributed by atoms with van der Waals surface area (Å²) in [4.78, 5) is 24.1. The number of ether oxygens (including phenoxy) is 1. The summed E-state index contributed by atoms with van der Waals surface area (Å²) in [5, 5.41) is 14.3. The third kappa shape index (κ3) is 2.45. The first-order valence-electron chi connectivity index (χ1n) is 7.67. The van der Waals surface area contributed by atoms with Gasteiger partial charge >= 0.3 is 0 Å². The van der Waals surface area contributed by atoms with E-state index in [4.69, 9.17) is 4.74 Å². The molecule has 1 aromatic rings. The van der Waals surface area contributed by atoms with Gasteiger partial charge in [0.15, 0.2) is 0 Å². The lowest BCUT2D eigenvalue weighted by atomic mass is 9.78. The summed E-state index contributed by atoms with van der Waals surface area (Å²) in [5.74, 6) is -1.65. The standard InChI is InChI=1S/C17H21NO4/c1-9-3-6-13(22-2)12(7-9)18-16(19)14-10-4-5-11(8-10)15(14)17(20)21/h3,6-7,10-11,14-15H,4-5,8H2,1-2H3,(H,18,19)(H,20,21)/p-1/t10-,11+,14+,15+/m1/s1. The van der Waals surface area contributed by atoms with Crippen LogP contribution in [0, 0.1) is 30.6 Å². The van der Waals surface area contributed by atoms with E-state index in [0.717, 1.165) is 24.8 Å². The first-order valence-corrected chi connectivity index (χ1v) is 7.67. The van der Waals surface area contributed by atoms with E-state index in [1.807, 2.05) is 19.1 Å². The summed E-state index contributed by atoms with van der Waals surface area (Å²) in [6, 6.07) is 5.52. The molecular formula is C17H20NO4-. The Hall–Kier alpha value is -2.04. The molecular weight excluding hydrogens is 282 g/mol. The van der Waals surface area contributed by atoms with Gasteiger partial charge in [-0.2, -0.15) is 0 Å². The molecule has 5 nitrogen and oxygen atoms in total. The van der Waals surface area contributed by atoms with Gasteiger partial charge in [0.25, 0.3) is 0 Å². The summed E-state index contributed by atoms with van der Waals surface area (Å²) in [7, 11) is 1.54. The number of amides is 1. The fourth-order valence-corrected chi connectivity index (χ4v) is 4.14. The van der Waals surface area contributed by atoms with Crippen molar-refractivity contribution in [3.8, 4) is 5.75 Å². The van der Waals surface area contributed by atoms with E-state index >= 15 is 0 Å². The quantitative estimate of drug-likeness (QED) is 0.910. The van der Waals surface area contributed by atoms with Crippen molar-refractivity contribution in [3.05, 3.63) is 23.8 Å². The van der Waals surface area contributed by atoms with Crippen LogP contribution in [0.5, 0.6) is 5.75 Å². The predicted molar refractivity (Wildman–Crippen MR) is 79.2 cm³/mol. The first-order chi connectivity index (χ1) is 10.5. The van der Waals surface area contributed by atoms with Crippen LogP contribution in [0.1, 0.15) is 24.8 Å². The van der Waals surface area contributed by atoms with E-state index in [1.165, 1.54) is 0 Å². The largest absolute Gasteiger partial charge is 0.550 e. The van der Waals surface area contributed by atoms with E-state index in [2.05, 4.69) is 5.32 Å². The molecule has 0 unspecified atom stereocenters. The van der Waals surface area contributed by atoms with Crippen LogP contribution < -0.4 is 15.2 Å². The Kier molecular flexibility index (Phi) is 3.81. The zero-order valence-electron chi connectivity index (χ0n) is 12.8. The van der Waals surface area contributed by atoms with Crippen molar-refractivity contribution in [2.24, 2.45) is 23.7 Å². The van der Waals surface area contributed by atoms with Crippen molar-refractivity contribution in [1.29, 1.82) is 0 Å². The fraction of sp³-hybridized carbons (Fsp3) is 0.529. The Morgan fingerprint density at radius 2 is 1.91 bits per heavy atom. The van der Waals surface area contributed by atoms with Crippen molar-refractivity contribution < 1.29 is 19.4 Å². The number of aryl methyl sites for hydroxylation is 1. The number of aliphatic carboxylic acids is 1. The Balaban J connectivity index is 1.82. The highest BCUT2D eigenvalue weighted by molar-refractivity contribution is 5.97. The van der Waals surface area contributed by atoms with Crippen LogP contribution in [0.3, 0.4) is 0 Å². The molecule has 1 amide bonds. The van der Waals surface area contributed by atoms with Crippen molar-refractivity contribution >= 4 is 17.6 Å². The molecule has 0 aliphatic heterocycles. The Morgan fingerprint density at radius 1 is 1.23 bits per heavy atom. The predicted octanol–water partition coefficient (Wildman–Crippen LogP) is 1.35. The number of carbonyl (C=O) groups excluding carboxylic acids is 2. The summed E-state index contributed by atoms with van der Waals surface area (Å²) in [5.41, 5.74) is 1.59. The summed E-state index contributed by atoms with van der Waals surface area (Å²) in [6.07, 6.45) is 2.64. The van der Waals surface area contributed by atoms with Gasteiger partial charge in [-0.15, -0.1) is 0 Å². The van der Waals surface area contributed by atoms with Crippen LogP contribution in [-0.4, -0.2) is 19.0 Å². The molecule has 5 heteroatoms. The van der Waals surface area contributed by atoms with E-state index in [-0.39, 0.29) is 17.7 Å². The lowest BCUT2D eigenvalue weighted by Gasteiger charge is -2.30. The molecule has 2 fully saturated rings. The second kappa shape index (κ2) is 5.63. The molecule has 22 heavy (non-hydrogen) atoms. The number of carbonyl (C=O) groups is 2. The Labute approximate surface area is 129 Å². The molecule has 0 radical (unpaired) electrons. The van der Waals surface area contributed by atoms with Crippen LogP contribution in [0.4, 0.5) is 5.69 Å². The third-order valence-corrected chi connectivity index (χ3v) is 5.10. The number of benzene rings is 1.